The summed E-state index contributed by atoms with van der Waals surface area (Å²) in [7, 11) is 0. The van der Waals surface area contributed by atoms with E-state index < -0.39 is 5.97 Å². The SMILES string of the molecule is CC(C)C1CCCN1C(=O)Nc1ccc(I)cc1C(=O)O. The van der Waals surface area contributed by atoms with Gasteiger partial charge >= 0.3 is 12.0 Å². The van der Waals surface area contributed by atoms with Gasteiger partial charge in [-0.2, -0.15) is 0 Å². The second-order valence-corrected chi connectivity index (χ2v) is 6.82. The van der Waals surface area contributed by atoms with E-state index in [0.29, 0.717) is 11.6 Å². The number of anilines is 1. The second-order valence-electron chi connectivity index (χ2n) is 5.57. The van der Waals surface area contributed by atoms with Gasteiger partial charge in [0.05, 0.1) is 11.3 Å². The smallest absolute Gasteiger partial charge is 0.337 e. The van der Waals surface area contributed by atoms with Crippen LogP contribution >= 0.6 is 22.6 Å². The van der Waals surface area contributed by atoms with Crippen LogP contribution in [-0.4, -0.2) is 34.6 Å². The summed E-state index contributed by atoms with van der Waals surface area (Å²) in [5.74, 6) is -0.639. The van der Waals surface area contributed by atoms with Gasteiger partial charge in [0, 0.05) is 16.2 Å². The first-order valence-corrected chi connectivity index (χ1v) is 8.08. The number of carbonyl (C=O) groups excluding carboxylic acids is 1. The number of hydrogen-bond donors (Lipinski definition) is 2. The Balaban J connectivity index is 2.18. The summed E-state index contributed by atoms with van der Waals surface area (Å²) in [5.41, 5.74) is 0.470. The fraction of sp³-hybridized carbons (Fsp3) is 0.467. The molecule has 0 aliphatic carbocycles. The molecule has 1 aliphatic rings. The van der Waals surface area contributed by atoms with E-state index >= 15 is 0 Å². The lowest BCUT2D eigenvalue weighted by atomic mass is 10.0. The number of aromatic carboxylic acids is 1. The van der Waals surface area contributed by atoms with Crippen molar-refractivity contribution in [2.24, 2.45) is 5.92 Å². The standard InChI is InChI=1S/C15H19IN2O3/c1-9(2)13-4-3-7-18(13)15(21)17-12-6-5-10(16)8-11(12)14(19)20/h5-6,8-9,13H,3-4,7H2,1-2H3,(H,17,21)(H,19,20). The summed E-state index contributed by atoms with van der Waals surface area (Å²) >= 11 is 2.05. The topological polar surface area (TPSA) is 69.6 Å². The molecule has 0 radical (unpaired) electrons. The number of carbonyl (C=O) groups is 2. The van der Waals surface area contributed by atoms with Crippen LogP contribution in [0.25, 0.3) is 0 Å². The molecule has 1 aromatic carbocycles. The lowest BCUT2D eigenvalue weighted by Crippen LogP contribution is -2.41. The number of rotatable bonds is 3. The van der Waals surface area contributed by atoms with Gasteiger partial charge in [-0.3, -0.25) is 0 Å². The fourth-order valence-corrected chi connectivity index (χ4v) is 3.22. The third-order valence-electron chi connectivity index (χ3n) is 3.78. The Morgan fingerprint density at radius 2 is 2.14 bits per heavy atom. The zero-order valence-corrected chi connectivity index (χ0v) is 14.3. The molecule has 1 unspecified atom stereocenters. The number of nitrogens with one attached hydrogen (secondary N) is 1. The van der Waals surface area contributed by atoms with Crippen LogP contribution in [0.4, 0.5) is 10.5 Å². The minimum atomic E-state index is -1.04. The van der Waals surface area contributed by atoms with Gasteiger partial charge in [0.1, 0.15) is 0 Å². The summed E-state index contributed by atoms with van der Waals surface area (Å²) in [6, 6.07) is 5.00. The van der Waals surface area contributed by atoms with Crippen molar-refractivity contribution in [3.05, 3.63) is 27.3 Å². The lowest BCUT2D eigenvalue weighted by molar-refractivity contribution is 0.0698. The summed E-state index contributed by atoms with van der Waals surface area (Å²) in [4.78, 5) is 25.5. The average molecular weight is 402 g/mol. The zero-order valence-electron chi connectivity index (χ0n) is 12.1. The number of halogens is 1. The Morgan fingerprint density at radius 3 is 2.76 bits per heavy atom. The van der Waals surface area contributed by atoms with Crippen LogP contribution < -0.4 is 5.32 Å². The third-order valence-corrected chi connectivity index (χ3v) is 4.45. The second kappa shape index (κ2) is 6.64. The third kappa shape index (κ3) is 3.66. The van der Waals surface area contributed by atoms with Crippen LogP contribution in [0.15, 0.2) is 18.2 Å². The van der Waals surface area contributed by atoms with Gasteiger partial charge in [-0.05, 0) is 59.5 Å². The number of carboxylic acid groups (broad SMARTS) is 1. The number of nitrogens with zero attached hydrogens (tertiary/aromatic N) is 1. The molecule has 0 spiro atoms. The number of amides is 2. The van der Waals surface area contributed by atoms with Gasteiger partial charge < -0.3 is 15.3 Å². The fourth-order valence-electron chi connectivity index (χ4n) is 2.73. The zero-order chi connectivity index (χ0) is 15.6. The van der Waals surface area contributed by atoms with E-state index in [2.05, 4.69) is 41.8 Å². The van der Waals surface area contributed by atoms with Crippen LogP contribution in [0, 0.1) is 9.49 Å². The molecule has 6 heteroatoms. The molecule has 1 atom stereocenters. The number of benzene rings is 1. The summed E-state index contributed by atoms with van der Waals surface area (Å²) in [6.45, 7) is 4.93. The minimum Gasteiger partial charge on any atom is -0.478 e. The molecule has 1 fully saturated rings. The Labute approximate surface area is 137 Å². The van der Waals surface area contributed by atoms with E-state index in [-0.39, 0.29) is 17.6 Å². The van der Waals surface area contributed by atoms with Crippen molar-refractivity contribution in [1.82, 2.24) is 4.90 Å². The highest BCUT2D eigenvalue weighted by Crippen LogP contribution is 2.26. The van der Waals surface area contributed by atoms with Crippen LogP contribution in [0.1, 0.15) is 37.0 Å². The quantitative estimate of drug-likeness (QED) is 0.759. The normalized spacial score (nSPS) is 18.1. The molecule has 0 saturated carbocycles. The van der Waals surface area contributed by atoms with Crippen LogP contribution in [0.3, 0.4) is 0 Å². The van der Waals surface area contributed by atoms with Crippen molar-refractivity contribution in [2.75, 3.05) is 11.9 Å². The number of carboxylic acids is 1. The van der Waals surface area contributed by atoms with Crippen molar-refractivity contribution in [3.63, 3.8) is 0 Å². The Hall–Kier alpha value is -1.31. The molecule has 1 aromatic rings. The van der Waals surface area contributed by atoms with Crippen molar-refractivity contribution in [1.29, 1.82) is 0 Å². The molecule has 1 heterocycles. The Kier molecular flexibility index (Phi) is 5.08. The summed E-state index contributed by atoms with van der Waals surface area (Å²) in [5, 5.41) is 12.0. The van der Waals surface area contributed by atoms with Gasteiger partial charge in [-0.1, -0.05) is 13.8 Å². The van der Waals surface area contributed by atoms with Crippen LogP contribution in [0.2, 0.25) is 0 Å². The maximum atomic E-state index is 12.4. The number of urea groups is 1. The van der Waals surface area contributed by atoms with E-state index in [1.807, 2.05) is 4.90 Å². The first-order chi connectivity index (χ1) is 9.90. The molecule has 2 N–H and O–H groups in total. The van der Waals surface area contributed by atoms with E-state index in [0.717, 1.165) is 23.0 Å². The predicted octanol–water partition coefficient (Wildman–Crippen LogP) is 3.64. The Morgan fingerprint density at radius 1 is 1.43 bits per heavy atom. The first-order valence-electron chi connectivity index (χ1n) is 7.00. The number of hydrogen-bond acceptors (Lipinski definition) is 2. The van der Waals surface area contributed by atoms with Crippen molar-refractivity contribution >= 4 is 40.3 Å². The largest absolute Gasteiger partial charge is 0.478 e. The minimum absolute atomic E-state index is 0.121. The molecule has 0 aromatic heterocycles. The molecule has 114 valence electrons. The molecule has 0 bridgehead atoms. The predicted molar refractivity (Wildman–Crippen MR) is 89.7 cm³/mol. The summed E-state index contributed by atoms with van der Waals surface area (Å²) in [6.07, 6.45) is 2.00. The van der Waals surface area contributed by atoms with Gasteiger partial charge in [-0.15, -0.1) is 0 Å². The van der Waals surface area contributed by atoms with Gasteiger partial charge in [0.25, 0.3) is 0 Å². The molecule has 2 rings (SSSR count). The molecule has 21 heavy (non-hydrogen) atoms. The highest BCUT2D eigenvalue weighted by molar-refractivity contribution is 14.1. The van der Waals surface area contributed by atoms with Crippen molar-refractivity contribution in [2.45, 2.75) is 32.7 Å². The average Bonchev–Trinajstić information content (AvgIpc) is 2.90. The van der Waals surface area contributed by atoms with E-state index in [4.69, 9.17) is 0 Å². The number of likely N-dealkylation sites (tertiary alicyclic amines) is 1. The van der Waals surface area contributed by atoms with Crippen molar-refractivity contribution < 1.29 is 14.7 Å². The molecule has 2 amide bonds. The first kappa shape index (κ1) is 16.1. The van der Waals surface area contributed by atoms with Gasteiger partial charge in [0.2, 0.25) is 0 Å². The van der Waals surface area contributed by atoms with E-state index in [9.17, 15) is 14.7 Å². The highest BCUT2D eigenvalue weighted by atomic mass is 127. The molecule has 5 nitrogen and oxygen atoms in total. The molecular formula is C15H19IN2O3. The molecule has 1 saturated heterocycles. The van der Waals surface area contributed by atoms with Crippen molar-refractivity contribution in [3.8, 4) is 0 Å². The maximum absolute atomic E-state index is 12.4. The van der Waals surface area contributed by atoms with E-state index in [1.54, 1.807) is 18.2 Å². The monoisotopic (exact) mass is 402 g/mol. The van der Waals surface area contributed by atoms with E-state index in [1.165, 1.54) is 0 Å². The summed E-state index contributed by atoms with van der Waals surface area (Å²) < 4.78 is 0.823. The van der Waals surface area contributed by atoms with Crippen LogP contribution in [-0.2, 0) is 0 Å². The van der Waals surface area contributed by atoms with Crippen LogP contribution in [0.5, 0.6) is 0 Å². The molecular weight excluding hydrogens is 383 g/mol. The van der Waals surface area contributed by atoms with Gasteiger partial charge in [-0.25, -0.2) is 9.59 Å². The highest BCUT2D eigenvalue weighted by Gasteiger charge is 2.31. The lowest BCUT2D eigenvalue weighted by Gasteiger charge is -2.28. The van der Waals surface area contributed by atoms with Gasteiger partial charge in [0.15, 0.2) is 0 Å². The maximum Gasteiger partial charge on any atom is 0.337 e. The molecule has 1 aliphatic heterocycles. The Bertz CT molecular complexity index is 560.